The lowest BCUT2D eigenvalue weighted by molar-refractivity contribution is -0.125. The third-order valence-electron chi connectivity index (χ3n) is 9.54. The summed E-state index contributed by atoms with van der Waals surface area (Å²) in [5.41, 5.74) is 5.58. The molecule has 1 aromatic heterocycles. The molecule has 2 aromatic carbocycles. The maximum Gasteiger partial charge on any atom is 0.220 e. The van der Waals surface area contributed by atoms with E-state index >= 15 is 4.39 Å². The molecule has 1 amide bonds. The second kappa shape index (κ2) is 9.22. The van der Waals surface area contributed by atoms with E-state index in [1.165, 1.54) is 35.2 Å². The van der Waals surface area contributed by atoms with Crippen molar-refractivity contribution in [2.75, 3.05) is 11.9 Å². The first-order valence-corrected chi connectivity index (χ1v) is 14.7. The number of aryl methyl sites for hydroxylation is 1. The smallest absolute Gasteiger partial charge is 0.220 e. The van der Waals surface area contributed by atoms with Crippen LogP contribution in [0, 0.1) is 0 Å². The van der Waals surface area contributed by atoms with Crippen LogP contribution in [0.5, 0.6) is 0 Å². The summed E-state index contributed by atoms with van der Waals surface area (Å²) < 4.78 is 16.0. The van der Waals surface area contributed by atoms with Crippen molar-refractivity contribution in [2.45, 2.75) is 93.7 Å². The summed E-state index contributed by atoms with van der Waals surface area (Å²) in [6, 6.07) is 14.4. The highest BCUT2D eigenvalue weighted by Crippen LogP contribution is 2.60. The molecule has 2 unspecified atom stereocenters. The Morgan fingerprint density at radius 1 is 1.03 bits per heavy atom. The number of alkyl halides is 1. The number of carbonyl (C=O) groups excluding carboxylic acids is 1. The Morgan fingerprint density at radius 2 is 1.76 bits per heavy atom. The zero-order valence-electron chi connectivity index (χ0n) is 21.8. The number of carbonyl (C=O) groups is 1. The first-order chi connectivity index (χ1) is 18.4. The van der Waals surface area contributed by atoms with Gasteiger partial charge in [0.15, 0.2) is 0 Å². The molecule has 6 heteroatoms. The number of rotatable bonds is 6. The van der Waals surface area contributed by atoms with Gasteiger partial charge < -0.3 is 10.6 Å². The fourth-order valence-electron chi connectivity index (χ4n) is 8.29. The molecule has 1 heterocycles. The van der Waals surface area contributed by atoms with Gasteiger partial charge in [0.25, 0.3) is 0 Å². The first kappa shape index (κ1) is 24.4. The largest absolute Gasteiger partial charge is 0.384 e. The van der Waals surface area contributed by atoms with E-state index in [1.807, 2.05) is 12.1 Å². The van der Waals surface area contributed by atoms with Crippen LogP contribution in [0.15, 0.2) is 42.5 Å². The number of hydrogen-bond donors (Lipinski definition) is 2. The fraction of sp³-hybridized carbons (Fsp3) is 0.500. The molecular formula is C32H35ClFN3O. The molecule has 2 saturated carbocycles. The van der Waals surface area contributed by atoms with Crippen molar-refractivity contribution in [1.82, 2.24) is 10.3 Å². The van der Waals surface area contributed by atoms with E-state index in [-0.39, 0.29) is 17.7 Å². The Labute approximate surface area is 228 Å². The molecule has 4 bridgehead atoms. The van der Waals surface area contributed by atoms with Crippen LogP contribution in [0.25, 0.3) is 10.9 Å². The van der Waals surface area contributed by atoms with Crippen LogP contribution >= 0.6 is 11.6 Å². The molecule has 38 heavy (non-hydrogen) atoms. The van der Waals surface area contributed by atoms with Gasteiger partial charge in [-0.1, -0.05) is 35.9 Å². The minimum atomic E-state index is -1.18. The molecule has 5 aliphatic rings. The molecule has 0 radical (unpaired) electrons. The van der Waals surface area contributed by atoms with Crippen molar-refractivity contribution in [3.05, 3.63) is 69.9 Å². The normalized spacial score (nSPS) is 29.0. The summed E-state index contributed by atoms with van der Waals surface area (Å²) in [4.78, 5) is 18.1. The number of aromatic nitrogens is 1. The van der Waals surface area contributed by atoms with Crippen molar-refractivity contribution >= 4 is 34.1 Å². The molecule has 5 aliphatic carbocycles. The number of hydrogen-bond acceptors (Lipinski definition) is 3. The predicted molar refractivity (Wildman–Crippen MR) is 151 cm³/mol. The maximum absolute atomic E-state index is 16.0. The molecule has 8 rings (SSSR count). The van der Waals surface area contributed by atoms with Gasteiger partial charge in [-0.3, -0.25) is 9.78 Å². The first-order valence-electron chi connectivity index (χ1n) is 14.3. The lowest BCUT2D eigenvalue weighted by Crippen LogP contribution is -2.59. The highest BCUT2D eigenvalue weighted by Gasteiger charge is 2.57. The molecule has 2 N–H and O–H groups in total. The Morgan fingerprint density at radius 3 is 2.53 bits per heavy atom. The van der Waals surface area contributed by atoms with Gasteiger partial charge in [-0.05, 0) is 105 Å². The summed E-state index contributed by atoms with van der Waals surface area (Å²) in [6.45, 7) is 0.707. The summed E-state index contributed by atoms with van der Waals surface area (Å²) in [7, 11) is 0. The number of nitrogens with one attached hydrogen (secondary N) is 2. The zero-order valence-corrected chi connectivity index (χ0v) is 22.5. The monoisotopic (exact) mass is 531 g/mol. The summed E-state index contributed by atoms with van der Waals surface area (Å²) in [6.07, 6.45) is 8.89. The summed E-state index contributed by atoms with van der Waals surface area (Å²) in [5.74, 6) is 0.438. The highest BCUT2D eigenvalue weighted by molar-refractivity contribution is 6.31. The number of halogens is 2. The van der Waals surface area contributed by atoms with Crippen LogP contribution in [0.2, 0.25) is 5.02 Å². The quantitative estimate of drug-likeness (QED) is 0.326. The minimum absolute atomic E-state index is 0.0507. The SMILES string of the molecule is O=C(CCCNc1c2c(nc3cc(Cl)ccc13)CCCC2)NC12CC3CC(F)(CC(C1)c1ccccc13)C2. The highest BCUT2D eigenvalue weighted by atomic mass is 35.5. The molecule has 0 aliphatic heterocycles. The summed E-state index contributed by atoms with van der Waals surface area (Å²) in [5, 5.41) is 8.82. The molecule has 0 saturated heterocycles. The molecule has 4 nitrogen and oxygen atoms in total. The number of nitrogens with zero attached hydrogens (tertiary/aromatic N) is 1. The van der Waals surface area contributed by atoms with Gasteiger partial charge >= 0.3 is 0 Å². The zero-order chi connectivity index (χ0) is 25.9. The van der Waals surface area contributed by atoms with Crippen molar-refractivity contribution in [2.24, 2.45) is 0 Å². The molecule has 2 atom stereocenters. The predicted octanol–water partition coefficient (Wildman–Crippen LogP) is 7.38. The van der Waals surface area contributed by atoms with Gasteiger partial charge in [0.05, 0.1) is 5.52 Å². The standard InChI is InChI=1S/C32H35ClFN3O/c33-22-11-12-26-28(14-22)36-27-9-4-3-8-25(27)30(26)35-13-5-10-29(38)37-32-17-20-15-31(34,19-32)16-21(18-32)24-7-2-1-6-23(20)24/h1-2,6-7,11-12,14,20-21H,3-5,8-10,13,15-19H2,(H,35,36)(H,37,38). The topological polar surface area (TPSA) is 54.0 Å². The van der Waals surface area contributed by atoms with Crippen molar-refractivity contribution in [3.63, 3.8) is 0 Å². The average Bonchev–Trinajstić information content (AvgIpc) is 3.03. The molecule has 2 fully saturated rings. The Balaban J connectivity index is 1.03. The molecule has 198 valence electrons. The number of anilines is 1. The number of fused-ring (bicyclic) bond motifs is 2. The van der Waals surface area contributed by atoms with E-state index in [2.05, 4.69) is 41.0 Å². The Kier molecular flexibility index (Phi) is 5.92. The van der Waals surface area contributed by atoms with E-state index in [4.69, 9.17) is 16.6 Å². The lowest BCUT2D eigenvalue weighted by Gasteiger charge is -2.51. The third kappa shape index (κ3) is 4.27. The molecule has 0 spiro atoms. The van der Waals surface area contributed by atoms with Crippen LogP contribution in [-0.2, 0) is 17.6 Å². The van der Waals surface area contributed by atoms with E-state index in [0.717, 1.165) is 48.7 Å². The van der Waals surface area contributed by atoms with Gasteiger partial charge in [0.1, 0.15) is 5.67 Å². The second-order valence-electron chi connectivity index (χ2n) is 12.3. The van der Waals surface area contributed by atoms with E-state index in [9.17, 15) is 4.79 Å². The average molecular weight is 532 g/mol. The van der Waals surface area contributed by atoms with Crippen LogP contribution in [0.4, 0.5) is 10.1 Å². The van der Waals surface area contributed by atoms with Gasteiger partial charge in [-0.15, -0.1) is 0 Å². The minimum Gasteiger partial charge on any atom is -0.384 e. The van der Waals surface area contributed by atoms with Gasteiger partial charge in [-0.25, -0.2) is 4.39 Å². The number of pyridine rings is 1. The third-order valence-corrected chi connectivity index (χ3v) is 9.78. The van der Waals surface area contributed by atoms with Gasteiger partial charge in [-0.2, -0.15) is 0 Å². The van der Waals surface area contributed by atoms with Crippen LogP contribution in [0.3, 0.4) is 0 Å². The van der Waals surface area contributed by atoms with Crippen molar-refractivity contribution in [3.8, 4) is 0 Å². The maximum atomic E-state index is 16.0. The van der Waals surface area contributed by atoms with Crippen molar-refractivity contribution < 1.29 is 9.18 Å². The number of amides is 1. The molecular weight excluding hydrogens is 497 g/mol. The lowest BCUT2D eigenvalue weighted by atomic mass is 9.60. The molecule has 3 aromatic rings. The van der Waals surface area contributed by atoms with Crippen LogP contribution in [-0.4, -0.2) is 28.6 Å². The Bertz CT molecular complexity index is 1390. The van der Waals surface area contributed by atoms with E-state index < -0.39 is 11.2 Å². The van der Waals surface area contributed by atoms with Crippen molar-refractivity contribution in [1.29, 1.82) is 0 Å². The Hall–Kier alpha value is -2.66. The van der Waals surface area contributed by atoms with E-state index in [0.29, 0.717) is 37.3 Å². The van der Waals surface area contributed by atoms with Gasteiger partial charge in [0.2, 0.25) is 5.91 Å². The fourth-order valence-corrected chi connectivity index (χ4v) is 8.46. The number of benzene rings is 2. The van der Waals surface area contributed by atoms with Crippen LogP contribution < -0.4 is 10.6 Å². The van der Waals surface area contributed by atoms with Gasteiger partial charge in [0, 0.05) is 46.7 Å². The second-order valence-corrected chi connectivity index (χ2v) is 12.7. The van der Waals surface area contributed by atoms with Crippen LogP contribution in [0.1, 0.15) is 92.0 Å². The van der Waals surface area contributed by atoms with E-state index in [1.54, 1.807) is 0 Å². The summed E-state index contributed by atoms with van der Waals surface area (Å²) >= 11 is 6.26.